The van der Waals surface area contributed by atoms with Crippen LogP contribution in [0, 0.1) is 0 Å². The van der Waals surface area contributed by atoms with Gasteiger partial charge in [-0.15, -0.1) is 0 Å². The SMILES string of the molecule is C[C@@H](NC(=O)/C=C/c1ccco1)C(=O)N[C@@H](CCCCN)C(=O)O. The van der Waals surface area contributed by atoms with Gasteiger partial charge in [0.25, 0.3) is 0 Å². The predicted octanol–water partition coefficient (Wildman–Crippen LogP) is 0.496. The van der Waals surface area contributed by atoms with E-state index in [4.69, 9.17) is 15.3 Å². The lowest BCUT2D eigenvalue weighted by molar-refractivity contribution is -0.142. The zero-order valence-corrected chi connectivity index (χ0v) is 13.5. The Morgan fingerprint density at radius 3 is 2.67 bits per heavy atom. The van der Waals surface area contributed by atoms with Gasteiger partial charge in [0.15, 0.2) is 0 Å². The molecule has 0 radical (unpaired) electrons. The fraction of sp³-hybridized carbons (Fsp3) is 0.438. The van der Waals surface area contributed by atoms with Crippen molar-refractivity contribution in [2.45, 2.75) is 38.3 Å². The molecule has 0 saturated heterocycles. The molecule has 0 aliphatic rings. The highest BCUT2D eigenvalue weighted by atomic mass is 16.4. The maximum absolute atomic E-state index is 12.0. The van der Waals surface area contributed by atoms with E-state index in [9.17, 15) is 14.4 Å². The number of nitrogens with two attached hydrogens (primary N) is 1. The second-order valence-electron chi connectivity index (χ2n) is 5.26. The van der Waals surface area contributed by atoms with Gasteiger partial charge in [0.05, 0.1) is 6.26 Å². The van der Waals surface area contributed by atoms with E-state index < -0.39 is 29.9 Å². The van der Waals surface area contributed by atoms with E-state index in [1.165, 1.54) is 25.3 Å². The molecule has 0 aliphatic carbocycles. The number of hydrogen-bond acceptors (Lipinski definition) is 5. The molecular formula is C16H23N3O5. The summed E-state index contributed by atoms with van der Waals surface area (Å²) in [6, 6.07) is 1.50. The van der Waals surface area contributed by atoms with E-state index in [0.717, 1.165) is 0 Å². The number of carboxylic acids is 1. The van der Waals surface area contributed by atoms with Crippen LogP contribution in [0.25, 0.3) is 6.08 Å². The van der Waals surface area contributed by atoms with Crippen molar-refractivity contribution in [3.05, 3.63) is 30.2 Å². The number of amides is 2. The van der Waals surface area contributed by atoms with Gasteiger partial charge < -0.3 is 25.9 Å². The summed E-state index contributed by atoms with van der Waals surface area (Å²) < 4.78 is 5.04. The number of unbranched alkanes of at least 4 members (excludes halogenated alkanes) is 1. The molecule has 0 fully saturated rings. The Bertz CT molecular complexity index is 568. The van der Waals surface area contributed by atoms with Crippen molar-refractivity contribution in [1.82, 2.24) is 10.6 Å². The molecule has 8 heteroatoms. The summed E-state index contributed by atoms with van der Waals surface area (Å²) in [5.74, 6) is -1.65. The largest absolute Gasteiger partial charge is 0.480 e. The van der Waals surface area contributed by atoms with E-state index >= 15 is 0 Å². The van der Waals surface area contributed by atoms with Crippen LogP contribution >= 0.6 is 0 Å². The molecule has 0 saturated carbocycles. The molecule has 0 aromatic carbocycles. The smallest absolute Gasteiger partial charge is 0.326 e. The Labute approximate surface area is 140 Å². The molecule has 0 aliphatic heterocycles. The summed E-state index contributed by atoms with van der Waals surface area (Å²) in [4.78, 5) is 34.9. The first-order valence-electron chi connectivity index (χ1n) is 7.69. The first kappa shape index (κ1) is 19.4. The maximum Gasteiger partial charge on any atom is 0.326 e. The first-order valence-corrected chi connectivity index (χ1v) is 7.69. The van der Waals surface area contributed by atoms with Crippen LogP contribution in [0.4, 0.5) is 0 Å². The highest BCUT2D eigenvalue weighted by Crippen LogP contribution is 2.03. The number of furan rings is 1. The van der Waals surface area contributed by atoms with Crippen molar-refractivity contribution in [3.8, 4) is 0 Å². The Morgan fingerprint density at radius 2 is 2.08 bits per heavy atom. The quantitative estimate of drug-likeness (QED) is 0.363. The van der Waals surface area contributed by atoms with Crippen LogP contribution in [-0.4, -0.2) is 41.5 Å². The third-order valence-corrected chi connectivity index (χ3v) is 3.26. The molecule has 5 N–H and O–H groups in total. The highest BCUT2D eigenvalue weighted by Gasteiger charge is 2.23. The number of carbonyl (C=O) groups excluding carboxylic acids is 2. The second-order valence-corrected chi connectivity index (χ2v) is 5.26. The minimum absolute atomic E-state index is 0.289. The summed E-state index contributed by atoms with van der Waals surface area (Å²) in [5.41, 5.74) is 5.36. The molecule has 8 nitrogen and oxygen atoms in total. The third kappa shape index (κ3) is 7.10. The summed E-state index contributed by atoms with van der Waals surface area (Å²) in [6.07, 6.45) is 5.75. The Morgan fingerprint density at radius 1 is 1.33 bits per heavy atom. The van der Waals surface area contributed by atoms with Crippen LogP contribution in [0.5, 0.6) is 0 Å². The van der Waals surface area contributed by atoms with Gasteiger partial charge in [-0.3, -0.25) is 9.59 Å². The molecule has 1 aromatic rings. The monoisotopic (exact) mass is 337 g/mol. The zero-order chi connectivity index (χ0) is 17.9. The van der Waals surface area contributed by atoms with Crippen molar-refractivity contribution < 1.29 is 23.9 Å². The number of rotatable bonds is 10. The molecule has 132 valence electrons. The van der Waals surface area contributed by atoms with Gasteiger partial charge >= 0.3 is 5.97 Å². The van der Waals surface area contributed by atoms with Crippen LogP contribution in [0.1, 0.15) is 31.9 Å². The lowest BCUT2D eigenvalue weighted by atomic mass is 10.1. The van der Waals surface area contributed by atoms with E-state index in [0.29, 0.717) is 25.1 Å². The van der Waals surface area contributed by atoms with Crippen molar-refractivity contribution >= 4 is 23.9 Å². The molecular weight excluding hydrogens is 314 g/mol. The van der Waals surface area contributed by atoms with Gasteiger partial charge in [0, 0.05) is 6.08 Å². The van der Waals surface area contributed by atoms with Crippen LogP contribution in [0.3, 0.4) is 0 Å². The number of carbonyl (C=O) groups is 3. The van der Waals surface area contributed by atoms with Gasteiger partial charge in [-0.25, -0.2) is 4.79 Å². The zero-order valence-electron chi connectivity index (χ0n) is 13.5. The standard InChI is InChI=1S/C16H23N3O5/c1-11(18-14(20)8-7-12-5-4-10-24-12)15(21)19-13(16(22)23)6-2-3-9-17/h4-5,7-8,10-11,13H,2-3,6,9,17H2,1H3,(H,18,20)(H,19,21)(H,22,23)/b8-7+/t11-,13+/m1/s1. The van der Waals surface area contributed by atoms with Gasteiger partial charge in [-0.05, 0) is 50.9 Å². The number of nitrogens with one attached hydrogen (secondary N) is 2. The third-order valence-electron chi connectivity index (χ3n) is 3.26. The second kappa shape index (κ2) is 10.2. The topological polar surface area (TPSA) is 135 Å². The van der Waals surface area contributed by atoms with Crippen molar-refractivity contribution in [1.29, 1.82) is 0 Å². The normalized spacial score (nSPS) is 13.4. The van der Waals surface area contributed by atoms with E-state index in [1.54, 1.807) is 12.1 Å². The van der Waals surface area contributed by atoms with Gasteiger partial charge in [-0.2, -0.15) is 0 Å². The van der Waals surface area contributed by atoms with Crippen molar-refractivity contribution in [3.63, 3.8) is 0 Å². The molecule has 0 unspecified atom stereocenters. The number of carboxylic acid groups (broad SMARTS) is 1. The van der Waals surface area contributed by atoms with Gasteiger partial charge in [0.2, 0.25) is 11.8 Å². The van der Waals surface area contributed by atoms with Crippen molar-refractivity contribution in [2.24, 2.45) is 5.73 Å². The fourth-order valence-corrected chi connectivity index (χ4v) is 1.92. The molecule has 24 heavy (non-hydrogen) atoms. The summed E-state index contributed by atoms with van der Waals surface area (Å²) >= 11 is 0. The summed E-state index contributed by atoms with van der Waals surface area (Å²) in [7, 11) is 0. The first-order chi connectivity index (χ1) is 11.4. The van der Waals surface area contributed by atoms with E-state index in [2.05, 4.69) is 10.6 Å². The Kier molecular flexibility index (Phi) is 8.28. The lowest BCUT2D eigenvalue weighted by Crippen LogP contribution is -2.50. The molecule has 1 heterocycles. The van der Waals surface area contributed by atoms with Crippen LogP contribution in [-0.2, 0) is 14.4 Å². The Hall–Kier alpha value is -2.61. The number of aliphatic carboxylic acids is 1. The molecule has 2 atom stereocenters. The van der Waals surface area contributed by atoms with Crippen molar-refractivity contribution in [2.75, 3.05) is 6.54 Å². The van der Waals surface area contributed by atoms with Gasteiger partial charge in [-0.1, -0.05) is 0 Å². The fourth-order valence-electron chi connectivity index (χ4n) is 1.92. The molecule has 2 amide bonds. The van der Waals surface area contributed by atoms with E-state index in [1.807, 2.05) is 0 Å². The summed E-state index contributed by atoms with van der Waals surface area (Å²) in [6.45, 7) is 1.95. The van der Waals surface area contributed by atoms with Gasteiger partial charge in [0.1, 0.15) is 17.8 Å². The van der Waals surface area contributed by atoms with Crippen LogP contribution in [0.2, 0.25) is 0 Å². The number of hydrogen-bond donors (Lipinski definition) is 4. The van der Waals surface area contributed by atoms with E-state index in [-0.39, 0.29) is 6.42 Å². The predicted molar refractivity (Wildman–Crippen MR) is 87.8 cm³/mol. The average molecular weight is 337 g/mol. The minimum atomic E-state index is -1.11. The molecule has 0 bridgehead atoms. The molecule has 1 rings (SSSR count). The lowest BCUT2D eigenvalue weighted by Gasteiger charge is -2.18. The summed E-state index contributed by atoms with van der Waals surface area (Å²) in [5, 5.41) is 14.0. The minimum Gasteiger partial charge on any atom is -0.480 e. The average Bonchev–Trinajstić information content (AvgIpc) is 3.05. The van der Waals surface area contributed by atoms with Crippen LogP contribution < -0.4 is 16.4 Å². The maximum atomic E-state index is 12.0. The van der Waals surface area contributed by atoms with Crippen LogP contribution in [0.15, 0.2) is 28.9 Å². The molecule has 1 aromatic heterocycles. The highest BCUT2D eigenvalue weighted by molar-refractivity contribution is 5.95. The Balaban J connectivity index is 2.47. The molecule has 0 spiro atoms.